The first-order chi connectivity index (χ1) is 19.1. The highest BCUT2D eigenvalue weighted by Crippen LogP contribution is 2.26. The molecule has 13 nitrogen and oxygen atoms in total. The van der Waals surface area contributed by atoms with E-state index in [0.717, 1.165) is 12.3 Å². The van der Waals surface area contributed by atoms with Gasteiger partial charge in [0, 0.05) is 19.7 Å². The van der Waals surface area contributed by atoms with Crippen LogP contribution in [0.2, 0.25) is 0 Å². The molecule has 0 aromatic carbocycles. The molecular weight excluding hydrogens is 526 g/mol. The molecule has 4 heterocycles. The van der Waals surface area contributed by atoms with Gasteiger partial charge in [-0.15, -0.1) is 5.10 Å². The van der Waals surface area contributed by atoms with Gasteiger partial charge < -0.3 is 10.1 Å². The maximum absolute atomic E-state index is 13.9. The number of ether oxygens (including phenoxy) is 1. The van der Waals surface area contributed by atoms with Gasteiger partial charge in [0.15, 0.2) is 11.5 Å². The number of anilines is 2. The summed E-state index contributed by atoms with van der Waals surface area (Å²) in [7, 11) is 3.26. The summed E-state index contributed by atoms with van der Waals surface area (Å²) in [5.41, 5.74) is 2.31. The van der Waals surface area contributed by atoms with E-state index in [0.29, 0.717) is 28.3 Å². The van der Waals surface area contributed by atoms with Crippen molar-refractivity contribution in [2.75, 3.05) is 10.6 Å². The SMILES string of the molecule is C=Nc1cnn(C)c1/C=C(\C)C(=O)Nc1ccc(-c2nnn(C)c2NC(=O)O[C@H](C)c2cc(F)cnc2F)nc1. The number of nitrogens with zero attached hydrogens (tertiary/aromatic N) is 8. The first-order valence-corrected chi connectivity index (χ1v) is 11.7. The minimum absolute atomic E-state index is 0.140. The molecule has 2 amide bonds. The van der Waals surface area contributed by atoms with E-state index in [1.54, 1.807) is 43.1 Å². The van der Waals surface area contributed by atoms with Gasteiger partial charge in [0.25, 0.3) is 5.91 Å². The number of amides is 2. The third-order valence-electron chi connectivity index (χ3n) is 5.71. The number of carbonyl (C=O) groups is 2. The van der Waals surface area contributed by atoms with Gasteiger partial charge in [0.1, 0.15) is 17.6 Å². The van der Waals surface area contributed by atoms with Crippen molar-refractivity contribution in [1.82, 2.24) is 34.7 Å². The zero-order chi connectivity index (χ0) is 29.0. The maximum Gasteiger partial charge on any atom is 0.413 e. The topological polar surface area (TPSA) is 154 Å². The second-order valence-electron chi connectivity index (χ2n) is 8.53. The molecule has 0 saturated carbocycles. The molecule has 0 aliphatic carbocycles. The Balaban J connectivity index is 1.45. The molecule has 0 bridgehead atoms. The molecule has 0 saturated heterocycles. The van der Waals surface area contributed by atoms with E-state index in [4.69, 9.17) is 4.74 Å². The molecule has 4 aromatic heterocycles. The minimum Gasteiger partial charge on any atom is -0.441 e. The van der Waals surface area contributed by atoms with Crippen molar-refractivity contribution in [3.05, 3.63) is 65.4 Å². The van der Waals surface area contributed by atoms with Gasteiger partial charge in [0.05, 0.1) is 41.2 Å². The monoisotopic (exact) mass is 550 g/mol. The molecule has 2 N–H and O–H groups in total. The maximum atomic E-state index is 13.9. The van der Waals surface area contributed by atoms with Gasteiger partial charge in [-0.1, -0.05) is 5.21 Å². The molecule has 1 atom stereocenters. The summed E-state index contributed by atoms with van der Waals surface area (Å²) >= 11 is 0. The van der Waals surface area contributed by atoms with Crippen LogP contribution in [-0.2, 0) is 23.6 Å². The zero-order valence-electron chi connectivity index (χ0n) is 21.9. The Morgan fingerprint density at radius 2 is 1.90 bits per heavy atom. The average Bonchev–Trinajstić information content (AvgIpc) is 3.47. The smallest absolute Gasteiger partial charge is 0.413 e. The number of nitrogens with one attached hydrogen (secondary N) is 2. The van der Waals surface area contributed by atoms with Gasteiger partial charge in [0.2, 0.25) is 5.95 Å². The molecule has 0 fully saturated rings. The molecular formula is C25H24F2N10O3. The van der Waals surface area contributed by atoms with Crippen molar-refractivity contribution in [3.8, 4) is 11.4 Å². The fourth-order valence-corrected chi connectivity index (χ4v) is 3.58. The van der Waals surface area contributed by atoms with Crippen molar-refractivity contribution < 1.29 is 23.1 Å². The van der Waals surface area contributed by atoms with Crippen LogP contribution in [-0.4, -0.2) is 53.5 Å². The summed E-state index contributed by atoms with van der Waals surface area (Å²) in [6.45, 7) is 6.52. The lowest BCUT2D eigenvalue weighted by Gasteiger charge is -2.15. The normalized spacial score (nSPS) is 12.1. The predicted octanol–water partition coefficient (Wildman–Crippen LogP) is 3.97. The van der Waals surface area contributed by atoms with Crippen LogP contribution >= 0.6 is 0 Å². The fraction of sp³-hybridized carbons (Fsp3) is 0.200. The molecule has 0 aliphatic heterocycles. The average molecular weight is 551 g/mol. The number of hydrogen-bond acceptors (Lipinski definition) is 9. The van der Waals surface area contributed by atoms with E-state index >= 15 is 0 Å². The van der Waals surface area contributed by atoms with Crippen LogP contribution in [0.25, 0.3) is 17.5 Å². The van der Waals surface area contributed by atoms with Crippen LogP contribution in [0, 0.1) is 11.8 Å². The number of halogens is 2. The third-order valence-corrected chi connectivity index (χ3v) is 5.71. The lowest BCUT2D eigenvalue weighted by Crippen LogP contribution is -2.19. The van der Waals surface area contributed by atoms with E-state index in [1.807, 2.05) is 0 Å². The van der Waals surface area contributed by atoms with Crippen LogP contribution < -0.4 is 10.6 Å². The Morgan fingerprint density at radius 3 is 2.60 bits per heavy atom. The van der Waals surface area contributed by atoms with Crippen LogP contribution in [0.3, 0.4) is 0 Å². The zero-order valence-corrected chi connectivity index (χ0v) is 21.9. The van der Waals surface area contributed by atoms with Gasteiger partial charge in [-0.05, 0) is 44.8 Å². The standard InChI is InChI=1S/C25H24F2N10O3/c1-13(8-20-19(28-3)12-31-36(20)4)24(38)32-16-6-7-18(29-11-16)21-23(37(5)35-34-21)33-25(39)40-14(2)17-9-15(26)10-30-22(17)27/h6-12,14H,3H2,1-2,4-5H3,(H,32,38)(H,33,39)/b13-8+/t14-/m1/s1. The Morgan fingerprint density at radius 1 is 1.12 bits per heavy atom. The van der Waals surface area contributed by atoms with E-state index in [9.17, 15) is 18.4 Å². The number of aromatic nitrogens is 7. The van der Waals surface area contributed by atoms with Crippen LogP contribution in [0.1, 0.15) is 31.2 Å². The van der Waals surface area contributed by atoms with Gasteiger partial charge >= 0.3 is 6.09 Å². The first kappa shape index (κ1) is 27.7. The van der Waals surface area contributed by atoms with Crippen molar-refractivity contribution >= 4 is 42.0 Å². The van der Waals surface area contributed by atoms with Gasteiger partial charge in [-0.25, -0.2) is 18.9 Å². The Hall–Kier alpha value is -5.34. The number of aliphatic imine (C=N–C) groups is 1. The first-order valence-electron chi connectivity index (χ1n) is 11.7. The molecule has 15 heteroatoms. The second kappa shape index (κ2) is 11.6. The minimum atomic E-state index is -1.14. The Kier molecular flexibility index (Phi) is 8.02. The molecule has 4 aromatic rings. The molecule has 0 spiro atoms. The number of aryl methyl sites for hydroxylation is 2. The predicted molar refractivity (Wildman–Crippen MR) is 142 cm³/mol. The van der Waals surface area contributed by atoms with Crippen LogP contribution in [0.4, 0.5) is 30.8 Å². The summed E-state index contributed by atoms with van der Waals surface area (Å²) in [6, 6.07) is 4.08. The fourth-order valence-electron chi connectivity index (χ4n) is 3.58. The largest absolute Gasteiger partial charge is 0.441 e. The van der Waals surface area contributed by atoms with Crippen LogP contribution in [0.15, 0.2) is 47.4 Å². The molecule has 206 valence electrons. The van der Waals surface area contributed by atoms with E-state index in [1.165, 1.54) is 24.9 Å². The van der Waals surface area contributed by atoms with Crippen molar-refractivity contribution in [2.45, 2.75) is 20.0 Å². The van der Waals surface area contributed by atoms with E-state index in [2.05, 4.69) is 47.7 Å². The second-order valence-corrected chi connectivity index (χ2v) is 8.53. The number of rotatable bonds is 8. The van der Waals surface area contributed by atoms with E-state index in [-0.39, 0.29) is 23.0 Å². The highest BCUT2D eigenvalue weighted by Gasteiger charge is 2.21. The van der Waals surface area contributed by atoms with Gasteiger partial charge in [-0.2, -0.15) is 9.49 Å². The third kappa shape index (κ3) is 6.03. The Bertz CT molecular complexity index is 1610. The van der Waals surface area contributed by atoms with Crippen molar-refractivity contribution in [3.63, 3.8) is 0 Å². The quantitative estimate of drug-likeness (QED) is 0.190. The highest BCUT2D eigenvalue weighted by molar-refractivity contribution is 6.06. The molecule has 0 aliphatic rings. The Labute approximate surface area is 226 Å². The molecule has 40 heavy (non-hydrogen) atoms. The lowest BCUT2D eigenvalue weighted by atomic mass is 10.2. The summed E-state index contributed by atoms with van der Waals surface area (Å²) < 4.78 is 35.4. The number of carbonyl (C=O) groups excluding carboxylic acids is 2. The van der Waals surface area contributed by atoms with Crippen molar-refractivity contribution in [1.29, 1.82) is 0 Å². The molecule has 4 rings (SSSR count). The summed E-state index contributed by atoms with van der Waals surface area (Å²) in [6.07, 6.45) is 3.23. The van der Waals surface area contributed by atoms with E-state index < -0.39 is 24.0 Å². The number of pyridine rings is 2. The lowest BCUT2D eigenvalue weighted by molar-refractivity contribution is -0.112. The number of hydrogen-bond donors (Lipinski definition) is 2. The summed E-state index contributed by atoms with van der Waals surface area (Å²) in [5, 5.41) is 17.3. The highest BCUT2D eigenvalue weighted by atomic mass is 19.1. The summed E-state index contributed by atoms with van der Waals surface area (Å²) in [5.74, 6) is -1.95. The molecule has 0 unspecified atom stereocenters. The van der Waals surface area contributed by atoms with Crippen LogP contribution in [0.5, 0.6) is 0 Å². The molecule has 0 radical (unpaired) electrons. The van der Waals surface area contributed by atoms with Crippen molar-refractivity contribution in [2.24, 2.45) is 19.1 Å². The van der Waals surface area contributed by atoms with Gasteiger partial charge in [-0.3, -0.25) is 24.8 Å². The summed E-state index contributed by atoms with van der Waals surface area (Å²) in [4.78, 5) is 36.7.